The standard InChI is InChI=1S/C26H28N4/c1-3-9-21-20-12-6-7-13-22(20)24-25(23(21)19-11-5-4-10-18(19)2)29-26(28-24)30-16-8-14-27-15-17-30/h4-7,9-13,27H,3,8,14-17H2,1-2H3. The predicted molar refractivity (Wildman–Crippen MR) is 126 cm³/mol. The van der Waals surface area contributed by atoms with E-state index in [0.717, 1.165) is 56.0 Å². The number of guanidine groups is 1. The maximum Gasteiger partial charge on any atom is 0.226 e. The van der Waals surface area contributed by atoms with Crippen molar-refractivity contribution < 1.29 is 0 Å². The second-order valence-electron chi connectivity index (χ2n) is 8.07. The lowest BCUT2D eigenvalue weighted by atomic mass is 9.92. The Morgan fingerprint density at radius 2 is 1.77 bits per heavy atom. The summed E-state index contributed by atoms with van der Waals surface area (Å²) in [5, 5.41) is 8.22. The molecule has 0 spiro atoms. The maximum absolute atomic E-state index is 5.16. The van der Waals surface area contributed by atoms with E-state index >= 15 is 0 Å². The molecular weight excluding hydrogens is 368 g/mol. The van der Waals surface area contributed by atoms with Crippen LogP contribution in [0.4, 0.5) is 5.69 Å². The molecule has 152 valence electrons. The van der Waals surface area contributed by atoms with Crippen molar-refractivity contribution in [2.75, 3.05) is 26.2 Å². The van der Waals surface area contributed by atoms with Crippen molar-refractivity contribution in [3.63, 3.8) is 0 Å². The molecule has 5 rings (SSSR count). The molecule has 1 saturated heterocycles. The molecule has 30 heavy (non-hydrogen) atoms. The second-order valence-corrected chi connectivity index (χ2v) is 8.07. The molecular formula is C26H28N4. The molecule has 0 aromatic heterocycles. The fourth-order valence-corrected chi connectivity index (χ4v) is 4.61. The molecule has 3 aromatic carbocycles. The Hall–Kier alpha value is -2.98. The summed E-state index contributed by atoms with van der Waals surface area (Å²) in [4.78, 5) is 12.6. The van der Waals surface area contributed by atoms with Crippen LogP contribution in [0.15, 0.2) is 58.5 Å². The van der Waals surface area contributed by atoms with Gasteiger partial charge in [0.15, 0.2) is 0 Å². The van der Waals surface area contributed by atoms with Gasteiger partial charge in [0.1, 0.15) is 11.0 Å². The van der Waals surface area contributed by atoms with Crippen LogP contribution in [0.2, 0.25) is 0 Å². The van der Waals surface area contributed by atoms with E-state index in [1.807, 2.05) is 0 Å². The van der Waals surface area contributed by atoms with E-state index in [1.54, 1.807) is 0 Å². The molecule has 2 aliphatic heterocycles. The number of aliphatic imine (C=N–C) groups is 1. The first-order valence-electron chi connectivity index (χ1n) is 11.0. The first kappa shape index (κ1) is 19.0. The van der Waals surface area contributed by atoms with Gasteiger partial charge in [-0.3, -0.25) is 0 Å². The summed E-state index contributed by atoms with van der Waals surface area (Å²) in [7, 11) is 0. The number of aryl methyl sites for hydroxylation is 1. The van der Waals surface area contributed by atoms with Crippen molar-refractivity contribution in [2.45, 2.75) is 26.7 Å². The molecule has 2 heterocycles. The first-order valence-corrected chi connectivity index (χ1v) is 11.0. The molecule has 0 unspecified atom stereocenters. The minimum absolute atomic E-state index is 0.863. The average molecular weight is 397 g/mol. The Labute approximate surface area is 177 Å². The largest absolute Gasteiger partial charge is 0.339 e. The van der Waals surface area contributed by atoms with Gasteiger partial charge in [-0.2, -0.15) is 0 Å². The fraction of sp³-hybridized carbons (Fsp3) is 0.308. The van der Waals surface area contributed by atoms with E-state index in [1.165, 1.54) is 32.7 Å². The molecule has 3 aromatic rings. The average Bonchev–Trinajstić information content (AvgIpc) is 3.02. The third kappa shape index (κ3) is 3.21. The molecule has 0 aliphatic carbocycles. The van der Waals surface area contributed by atoms with Gasteiger partial charge in [-0.15, -0.1) is 0 Å². The maximum atomic E-state index is 5.16. The number of fused-ring (bicyclic) bond motifs is 3. The first-order chi connectivity index (χ1) is 14.8. The van der Waals surface area contributed by atoms with E-state index in [0.29, 0.717) is 0 Å². The van der Waals surface area contributed by atoms with Crippen molar-refractivity contribution in [1.29, 1.82) is 0 Å². The van der Waals surface area contributed by atoms with Crippen LogP contribution in [-0.2, 0) is 0 Å². The Morgan fingerprint density at radius 3 is 2.60 bits per heavy atom. The number of benzene rings is 3. The minimum atomic E-state index is 0.863. The highest BCUT2D eigenvalue weighted by Crippen LogP contribution is 2.32. The highest BCUT2D eigenvalue weighted by atomic mass is 15.3. The monoisotopic (exact) mass is 396 g/mol. The van der Waals surface area contributed by atoms with E-state index in [9.17, 15) is 0 Å². The lowest BCUT2D eigenvalue weighted by molar-refractivity contribution is 0.442. The summed E-state index contributed by atoms with van der Waals surface area (Å²) >= 11 is 0. The summed E-state index contributed by atoms with van der Waals surface area (Å²) in [5.41, 5.74) is 4.76. The van der Waals surface area contributed by atoms with Crippen molar-refractivity contribution >= 4 is 28.5 Å². The summed E-state index contributed by atoms with van der Waals surface area (Å²) in [5.74, 6) is 0.863. The zero-order valence-corrected chi connectivity index (χ0v) is 17.8. The van der Waals surface area contributed by atoms with Gasteiger partial charge in [0.25, 0.3) is 0 Å². The quantitative estimate of drug-likeness (QED) is 0.713. The highest BCUT2D eigenvalue weighted by molar-refractivity contribution is 6.00. The van der Waals surface area contributed by atoms with Crippen LogP contribution in [0.5, 0.6) is 0 Å². The topological polar surface area (TPSA) is 40.0 Å². The lowest BCUT2D eigenvalue weighted by Gasteiger charge is -2.19. The molecule has 1 N–H and O–H groups in total. The van der Waals surface area contributed by atoms with Crippen molar-refractivity contribution in [1.82, 2.24) is 10.2 Å². The number of rotatable bonds is 2. The summed E-state index contributed by atoms with van der Waals surface area (Å²) in [6, 6.07) is 17.3. The van der Waals surface area contributed by atoms with E-state index in [2.05, 4.69) is 78.7 Å². The zero-order chi connectivity index (χ0) is 20.5. The SMILES string of the molecule is CCC=c1c(-c2ccccc2C)c2c(c3ccccc13)=NC(N1CCCNCC1)=N2. The van der Waals surface area contributed by atoms with E-state index < -0.39 is 0 Å². The number of nitrogens with zero attached hydrogens (tertiary/aromatic N) is 3. The Balaban J connectivity index is 1.84. The van der Waals surface area contributed by atoms with Gasteiger partial charge in [0.05, 0.1) is 0 Å². The Bertz CT molecular complexity index is 1250. The van der Waals surface area contributed by atoms with Gasteiger partial charge in [-0.1, -0.05) is 61.5 Å². The Morgan fingerprint density at radius 1 is 0.967 bits per heavy atom. The van der Waals surface area contributed by atoms with Crippen LogP contribution in [0.3, 0.4) is 0 Å². The molecule has 1 fully saturated rings. The molecule has 0 saturated carbocycles. The molecule has 2 aliphatic rings. The normalized spacial score (nSPS) is 16.9. The van der Waals surface area contributed by atoms with Gasteiger partial charge < -0.3 is 10.2 Å². The summed E-state index contributed by atoms with van der Waals surface area (Å²) in [6.45, 7) is 8.36. The molecule has 0 amide bonds. The number of hydrogen-bond acceptors (Lipinski definition) is 4. The minimum Gasteiger partial charge on any atom is -0.339 e. The number of hydrogen-bond donors (Lipinski definition) is 1. The third-order valence-corrected chi connectivity index (χ3v) is 6.07. The zero-order valence-electron chi connectivity index (χ0n) is 17.8. The lowest BCUT2D eigenvalue weighted by Crippen LogP contribution is -2.32. The molecule has 4 heteroatoms. The number of nitrogens with one attached hydrogen (secondary N) is 1. The fourth-order valence-electron chi connectivity index (χ4n) is 4.61. The Kier molecular flexibility index (Phi) is 5.09. The molecule has 4 nitrogen and oxygen atoms in total. The van der Waals surface area contributed by atoms with Crippen LogP contribution in [-0.4, -0.2) is 37.0 Å². The van der Waals surface area contributed by atoms with Crippen LogP contribution >= 0.6 is 0 Å². The van der Waals surface area contributed by atoms with Gasteiger partial charge in [-0.25, -0.2) is 9.98 Å². The smallest absolute Gasteiger partial charge is 0.226 e. The highest BCUT2D eigenvalue weighted by Gasteiger charge is 2.23. The van der Waals surface area contributed by atoms with Gasteiger partial charge in [-0.05, 0) is 48.0 Å². The van der Waals surface area contributed by atoms with E-state index in [4.69, 9.17) is 9.98 Å². The molecule has 0 bridgehead atoms. The summed E-state index contributed by atoms with van der Waals surface area (Å²) < 4.78 is 0. The predicted octanol–water partition coefficient (Wildman–Crippen LogP) is 3.92. The van der Waals surface area contributed by atoms with E-state index in [-0.39, 0.29) is 0 Å². The van der Waals surface area contributed by atoms with Crippen molar-refractivity contribution in [2.24, 2.45) is 9.98 Å². The van der Waals surface area contributed by atoms with Gasteiger partial charge >= 0.3 is 0 Å². The second kappa shape index (κ2) is 8.04. The van der Waals surface area contributed by atoms with Crippen molar-refractivity contribution in [3.8, 4) is 11.1 Å². The molecule has 0 atom stereocenters. The van der Waals surface area contributed by atoms with Crippen LogP contribution in [0, 0.1) is 6.92 Å². The summed E-state index contributed by atoms with van der Waals surface area (Å²) in [6.07, 6.45) is 4.44. The van der Waals surface area contributed by atoms with Crippen LogP contribution in [0.25, 0.3) is 28.0 Å². The van der Waals surface area contributed by atoms with Crippen LogP contribution < -0.4 is 15.9 Å². The van der Waals surface area contributed by atoms with Gasteiger partial charge in [0.2, 0.25) is 5.96 Å². The van der Waals surface area contributed by atoms with Crippen LogP contribution in [0.1, 0.15) is 25.3 Å². The van der Waals surface area contributed by atoms with Crippen molar-refractivity contribution in [3.05, 3.63) is 64.7 Å². The van der Waals surface area contributed by atoms with Gasteiger partial charge in [0, 0.05) is 30.6 Å². The third-order valence-electron chi connectivity index (χ3n) is 6.07. The molecule has 0 radical (unpaired) electrons.